The van der Waals surface area contributed by atoms with Crippen molar-refractivity contribution in [3.05, 3.63) is 112 Å². The molecule has 0 spiro atoms. The Hall–Kier alpha value is -4.76. The Labute approximate surface area is 253 Å². The zero-order chi connectivity index (χ0) is 30.8. The van der Waals surface area contributed by atoms with Crippen molar-refractivity contribution in [2.45, 2.75) is 51.7 Å². The number of hydrogen-bond acceptors (Lipinski definition) is 8. The summed E-state index contributed by atoms with van der Waals surface area (Å²) in [5.74, 6) is 0. The van der Waals surface area contributed by atoms with Gasteiger partial charge in [-0.1, -0.05) is 61.0 Å². The molecule has 0 unspecified atom stereocenters. The highest BCUT2D eigenvalue weighted by Crippen LogP contribution is 2.37. The fourth-order valence-electron chi connectivity index (χ4n) is 4.84. The normalized spacial score (nSPS) is 15.5. The van der Waals surface area contributed by atoms with Crippen molar-refractivity contribution in [1.29, 1.82) is 10.5 Å². The van der Waals surface area contributed by atoms with E-state index in [9.17, 15) is 11.9 Å². The molecule has 3 aromatic carbocycles. The monoisotopic (exact) mass is 577 g/mol. The van der Waals surface area contributed by atoms with Gasteiger partial charge in [0.25, 0.3) is 0 Å². The Morgan fingerprint density at radius 3 is 2.45 bits per heavy atom. The SMILES string of the molecule is [2H][C@](Nc1cc(Cl)c2ncc(C#N)c(N[C@H](CC)c3ccccc3)c2c1)(C1=CN(C(C)(C)C)NN1)c1cccc(C#N)c1. The molecule has 1 aliphatic rings. The third-order valence-corrected chi connectivity index (χ3v) is 7.37. The average molecular weight is 578 g/mol. The summed E-state index contributed by atoms with van der Waals surface area (Å²) in [6.45, 7) is 8.23. The molecule has 0 aliphatic carbocycles. The minimum Gasteiger partial charge on any atom is -0.377 e. The molecule has 4 aromatic rings. The van der Waals surface area contributed by atoms with Crippen LogP contribution in [0.1, 0.15) is 69.8 Å². The molecule has 1 aliphatic heterocycles. The van der Waals surface area contributed by atoms with Crippen molar-refractivity contribution in [2.24, 2.45) is 0 Å². The number of rotatable bonds is 8. The van der Waals surface area contributed by atoms with Crippen LogP contribution in [0.4, 0.5) is 11.4 Å². The van der Waals surface area contributed by atoms with E-state index in [1.165, 1.54) is 6.20 Å². The zero-order valence-corrected chi connectivity index (χ0v) is 24.7. The molecule has 0 bridgehead atoms. The topological polar surface area (TPSA) is 112 Å². The summed E-state index contributed by atoms with van der Waals surface area (Å²) < 4.78 is 9.78. The lowest BCUT2D eigenvalue weighted by atomic mass is 10.00. The summed E-state index contributed by atoms with van der Waals surface area (Å²) >= 11 is 6.81. The first-order chi connectivity index (χ1) is 20.6. The lowest BCUT2D eigenvalue weighted by Crippen LogP contribution is -2.47. The molecule has 8 nitrogen and oxygen atoms in total. The van der Waals surface area contributed by atoms with E-state index in [0.717, 1.165) is 12.0 Å². The molecule has 2 atom stereocenters. The molecule has 212 valence electrons. The van der Waals surface area contributed by atoms with Gasteiger partial charge in [0.05, 0.1) is 52.6 Å². The number of aromatic nitrogens is 1. The van der Waals surface area contributed by atoms with E-state index in [-0.39, 0.29) is 11.6 Å². The summed E-state index contributed by atoms with van der Waals surface area (Å²) in [7, 11) is 0. The second kappa shape index (κ2) is 12.0. The van der Waals surface area contributed by atoms with E-state index in [1.54, 1.807) is 30.3 Å². The summed E-state index contributed by atoms with van der Waals surface area (Å²) in [4.78, 5) is 4.51. The minimum atomic E-state index is -1.55. The predicted octanol–water partition coefficient (Wildman–Crippen LogP) is 7.31. The van der Waals surface area contributed by atoms with E-state index in [4.69, 9.17) is 11.6 Å². The number of hydrazine groups is 2. The summed E-state index contributed by atoms with van der Waals surface area (Å²) in [6, 6.07) is 23.4. The van der Waals surface area contributed by atoms with Crippen LogP contribution in [0.5, 0.6) is 0 Å². The maximum absolute atomic E-state index is 10.0. The van der Waals surface area contributed by atoms with E-state index >= 15 is 0 Å². The largest absolute Gasteiger partial charge is 0.377 e. The van der Waals surface area contributed by atoms with E-state index < -0.39 is 6.02 Å². The molecule has 4 N–H and O–H groups in total. The lowest BCUT2D eigenvalue weighted by Gasteiger charge is -2.30. The van der Waals surface area contributed by atoms with Crippen LogP contribution in [0.15, 0.2) is 84.8 Å². The van der Waals surface area contributed by atoms with Crippen LogP contribution in [0.25, 0.3) is 10.9 Å². The molecule has 42 heavy (non-hydrogen) atoms. The Kier molecular flexibility index (Phi) is 7.83. The summed E-state index contributed by atoms with van der Waals surface area (Å²) in [5.41, 5.74) is 10.7. The second-order valence-electron chi connectivity index (χ2n) is 11.0. The maximum Gasteiger partial charge on any atom is 0.103 e. The fraction of sp³-hybridized carbons (Fsp3) is 0.242. The number of nitrogens with zero attached hydrogens (tertiary/aromatic N) is 4. The lowest BCUT2D eigenvalue weighted by molar-refractivity contribution is 0.138. The van der Waals surface area contributed by atoms with Crippen molar-refractivity contribution in [3.8, 4) is 12.1 Å². The molecule has 0 saturated heterocycles. The molecule has 1 aromatic heterocycles. The molecular formula is C33H33ClN8. The van der Waals surface area contributed by atoms with Crippen LogP contribution >= 0.6 is 11.6 Å². The molecule has 5 rings (SSSR count). The van der Waals surface area contributed by atoms with E-state index in [1.807, 2.05) is 56.2 Å². The van der Waals surface area contributed by atoms with Crippen LogP contribution in [0, 0.1) is 22.7 Å². The van der Waals surface area contributed by atoms with Crippen LogP contribution in [-0.2, 0) is 0 Å². The highest BCUT2D eigenvalue weighted by molar-refractivity contribution is 6.35. The van der Waals surface area contributed by atoms with Gasteiger partial charge in [-0.25, -0.2) is 0 Å². The van der Waals surface area contributed by atoms with Gasteiger partial charge in [-0.2, -0.15) is 10.5 Å². The van der Waals surface area contributed by atoms with Crippen LogP contribution in [-0.4, -0.2) is 15.5 Å². The summed E-state index contributed by atoms with van der Waals surface area (Å²) in [5, 5.41) is 29.5. The van der Waals surface area contributed by atoms with Crippen molar-refractivity contribution < 1.29 is 1.37 Å². The van der Waals surface area contributed by atoms with E-state index in [2.05, 4.69) is 57.8 Å². The molecule has 0 radical (unpaired) electrons. The van der Waals surface area contributed by atoms with Gasteiger partial charge < -0.3 is 16.1 Å². The highest BCUT2D eigenvalue weighted by Gasteiger charge is 2.28. The molecule has 2 heterocycles. The first-order valence-electron chi connectivity index (χ1n) is 14.2. The molecule has 0 amide bonds. The van der Waals surface area contributed by atoms with Gasteiger partial charge in [-0.05, 0) is 62.6 Å². The predicted molar refractivity (Wildman–Crippen MR) is 168 cm³/mol. The number of benzene rings is 3. The Morgan fingerprint density at radius 1 is 1.02 bits per heavy atom. The standard InChI is InChI=1S/C33H33ClN8/c1-5-28(22-11-7-6-8-12-22)39-30-24(18-36)19-37-32-26(30)15-25(16-27(32)34)38-31(23-13-9-10-21(14-23)17-35)29-20-42(41-40-29)33(2,3)4/h6-16,19-20,28,31,38,40-41H,5H2,1-4H3,(H,37,39)/t28-,31-/m1/s1/i31D. The summed E-state index contributed by atoms with van der Waals surface area (Å²) in [6.07, 6.45) is 4.16. The number of pyridine rings is 1. The number of hydrogen-bond donors (Lipinski definition) is 4. The number of nitrogens with one attached hydrogen (secondary N) is 4. The van der Waals surface area contributed by atoms with Crippen LogP contribution in [0.3, 0.4) is 0 Å². The van der Waals surface area contributed by atoms with Crippen molar-refractivity contribution >= 4 is 33.9 Å². The second-order valence-corrected chi connectivity index (χ2v) is 11.4. The van der Waals surface area contributed by atoms with Gasteiger partial charge in [-0.3, -0.25) is 9.99 Å². The van der Waals surface area contributed by atoms with Gasteiger partial charge in [0.15, 0.2) is 0 Å². The Morgan fingerprint density at radius 2 is 1.79 bits per heavy atom. The minimum absolute atomic E-state index is 0.0550. The van der Waals surface area contributed by atoms with Crippen molar-refractivity contribution in [2.75, 3.05) is 10.6 Å². The first-order valence-corrected chi connectivity index (χ1v) is 14.1. The van der Waals surface area contributed by atoms with Crippen molar-refractivity contribution in [1.82, 2.24) is 21.0 Å². The molecule has 0 fully saturated rings. The zero-order valence-electron chi connectivity index (χ0n) is 25.0. The van der Waals surface area contributed by atoms with E-state index in [0.29, 0.717) is 49.7 Å². The molecule has 9 heteroatoms. The quantitative estimate of drug-likeness (QED) is 0.172. The first kappa shape index (κ1) is 27.4. The average Bonchev–Trinajstić information content (AvgIpc) is 3.52. The van der Waals surface area contributed by atoms with Gasteiger partial charge in [0, 0.05) is 29.0 Å². The number of anilines is 2. The Bertz CT molecular complexity index is 1770. The van der Waals surface area contributed by atoms with Gasteiger partial charge in [0.1, 0.15) is 6.07 Å². The maximum atomic E-state index is 10.0. The van der Waals surface area contributed by atoms with Gasteiger partial charge >= 0.3 is 0 Å². The Balaban J connectivity index is 1.64. The number of fused-ring (bicyclic) bond motifs is 1. The van der Waals surface area contributed by atoms with Gasteiger partial charge in [0.2, 0.25) is 0 Å². The smallest absolute Gasteiger partial charge is 0.103 e. The highest BCUT2D eigenvalue weighted by atomic mass is 35.5. The fourth-order valence-corrected chi connectivity index (χ4v) is 5.11. The van der Waals surface area contributed by atoms with Gasteiger partial charge in [-0.15, -0.1) is 5.53 Å². The third-order valence-electron chi connectivity index (χ3n) is 7.08. The van der Waals surface area contributed by atoms with Crippen LogP contribution < -0.4 is 21.6 Å². The number of halogens is 1. The third kappa shape index (κ3) is 5.96. The molecule has 0 saturated carbocycles. The molecular weight excluding hydrogens is 544 g/mol. The number of nitriles is 2. The van der Waals surface area contributed by atoms with Crippen LogP contribution in [0.2, 0.25) is 5.02 Å². The van der Waals surface area contributed by atoms with Crippen molar-refractivity contribution in [3.63, 3.8) is 0 Å².